The zero-order valence-electron chi connectivity index (χ0n) is 11.2. The van der Waals surface area contributed by atoms with Gasteiger partial charge in [0.15, 0.2) is 0 Å². The molecule has 1 aromatic carbocycles. The van der Waals surface area contributed by atoms with Crippen molar-refractivity contribution in [2.75, 3.05) is 5.73 Å². The largest absolute Gasteiger partial charge is 0.399 e. The minimum atomic E-state index is -0.430. The van der Waals surface area contributed by atoms with Gasteiger partial charge >= 0.3 is 0 Å². The second kappa shape index (κ2) is 5.21. The summed E-state index contributed by atoms with van der Waals surface area (Å²) in [5.74, 6) is -0.430. The fraction of sp³-hybridized carbons (Fsp3) is 0.0667. The normalized spacial score (nSPS) is 11.0. The van der Waals surface area contributed by atoms with Crippen LogP contribution in [0.2, 0.25) is 0 Å². The number of nitrogens with two attached hydrogens (primary N) is 1. The van der Waals surface area contributed by atoms with E-state index in [0.29, 0.717) is 21.6 Å². The molecule has 0 aliphatic heterocycles. The average Bonchev–Trinajstić information content (AvgIpc) is 2.47. The van der Waals surface area contributed by atoms with Crippen molar-refractivity contribution in [2.24, 2.45) is 7.05 Å². The summed E-state index contributed by atoms with van der Waals surface area (Å²) >= 11 is 1.38. The van der Waals surface area contributed by atoms with Crippen molar-refractivity contribution in [1.29, 1.82) is 0 Å². The Balaban J connectivity index is 2.17. The third kappa shape index (κ3) is 2.62. The van der Waals surface area contributed by atoms with Crippen LogP contribution in [0.25, 0.3) is 11.0 Å². The number of aryl methyl sites for hydroxylation is 1. The molecule has 0 atom stereocenters. The fourth-order valence-electron chi connectivity index (χ4n) is 2.02. The molecular weight excluding hydrogens is 289 g/mol. The lowest BCUT2D eigenvalue weighted by Gasteiger charge is -2.09. The summed E-state index contributed by atoms with van der Waals surface area (Å²) in [7, 11) is 1.62. The molecule has 21 heavy (non-hydrogen) atoms. The smallest absolute Gasteiger partial charge is 0.253 e. The number of hydrogen-bond donors (Lipinski definition) is 1. The maximum atomic E-state index is 13.5. The average molecular weight is 301 g/mol. The highest BCUT2D eigenvalue weighted by Crippen LogP contribution is 2.32. The predicted octanol–water partition coefficient (Wildman–Crippen LogP) is 2.81. The van der Waals surface area contributed by atoms with Crippen LogP contribution in [0.15, 0.2) is 57.2 Å². The molecule has 6 heteroatoms. The van der Waals surface area contributed by atoms with Crippen molar-refractivity contribution < 1.29 is 4.39 Å². The van der Waals surface area contributed by atoms with Crippen LogP contribution in [-0.2, 0) is 7.05 Å². The number of fused-ring (bicyclic) bond motifs is 1. The van der Waals surface area contributed by atoms with Crippen LogP contribution in [0.5, 0.6) is 0 Å². The Hall–Kier alpha value is -2.34. The summed E-state index contributed by atoms with van der Waals surface area (Å²) in [6.45, 7) is 0. The van der Waals surface area contributed by atoms with Gasteiger partial charge in [0.05, 0.1) is 6.20 Å². The Labute approximate surface area is 124 Å². The zero-order chi connectivity index (χ0) is 15.0. The van der Waals surface area contributed by atoms with E-state index in [1.807, 2.05) is 12.1 Å². The van der Waals surface area contributed by atoms with E-state index in [-0.39, 0.29) is 5.56 Å². The number of rotatable bonds is 2. The first-order valence-corrected chi connectivity index (χ1v) is 7.05. The summed E-state index contributed by atoms with van der Waals surface area (Å²) in [6.07, 6.45) is 1.11. The van der Waals surface area contributed by atoms with Crippen molar-refractivity contribution in [2.45, 2.75) is 9.79 Å². The number of benzene rings is 1. The quantitative estimate of drug-likeness (QED) is 0.739. The number of aromatic nitrogens is 2. The lowest BCUT2D eigenvalue weighted by atomic mass is 10.3. The van der Waals surface area contributed by atoms with Gasteiger partial charge in [0.25, 0.3) is 5.56 Å². The second-order valence-corrected chi connectivity index (χ2v) is 5.72. The predicted molar refractivity (Wildman–Crippen MR) is 81.9 cm³/mol. The first-order chi connectivity index (χ1) is 10.0. The van der Waals surface area contributed by atoms with Crippen LogP contribution in [0.1, 0.15) is 0 Å². The number of halogens is 1. The molecular formula is C15H12FN3OS. The zero-order valence-corrected chi connectivity index (χ0v) is 12.0. The Morgan fingerprint density at radius 3 is 2.67 bits per heavy atom. The van der Waals surface area contributed by atoms with Gasteiger partial charge in [-0.15, -0.1) is 0 Å². The minimum Gasteiger partial charge on any atom is -0.399 e. The molecule has 0 aliphatic rings. The number of pyridine rings is 2. The van der Waals surface area contributed by atoms with Crippen molar-refractivity contribution in [3.8, 4) is 0 Å². The van der Waals surface area contributed by atoms with Crippen molar-refractivity contribution >= 4 is 28.5 Å². The maximum Gasteiger partial charge on any atom is 0.253 e. The van der Waals surface area contributed by atoms with E-state index in [1.165, 1.54) is 28.5 Å². The maximum absolute atomic E-state index is 13.5. The highest BCUT2D eigenvalue weighted by Gasteiger charge is 2.10. The van der Waals surface area contributed by atoms with E-state index in [9.17, 15) is 9.18 Å². The van der Waals surface area contributed by atoms with Gasteiger partial charge < -0.3 is 5.73 Å². The summed E-state index contributed by atoms with van der Waals surface area (Å²) < 4.78 is 14.9. The van der Waals surface area contributed by atoms with E-state index in [0.717, 1.165) is 11.1 Å². The molecule has 0 aliphatic carbocycles. The van der Waals surface area contributed by atoms with Crippen LogP contribution in [-0.4, -0.2) is 9.55 Å². The van der Waals surface area contributed by atoms with Crippen molar-refractivity contribution in [3.05, 3.63) is 58.8 Å². The van der Waals surface area contributed by atoms with E-state index < -0.39 is 5.82 Å². The molecule has 2 aromatic heterocycles. The first-order valence-electron chi connectivity index (χ1n) is 6.23. The molecule has 0 amide bonds. The topological polar surface area (TPSA) is 60.9 Å². The number of nitrogens with zero attached hydrogens (tertiary/aromatic N) is 2. The number of nitrogen functional groups attached to an aromatic ring is 1. The highest BCUT2D eigenvalue weighted by molar-refractivity contribution is 7.99. The lowest BCUT2D eigenvalue weighted by Crippen LogP contribution is -2.17. The van der Waals surface area contributed by atoms with Gasteiger partial charge in [-0.05, 0) is 30.3 Å². The summed E-state index contributed by atoms with van der Waals surface area (Å²) in [6, 6.07) is 10.2. The van der Waals surface area contributed by atoms with Gasteiger partial charge in [-0.1, -0.05) is 11.8 Å². The molecule has 2 N–H and O–H groups in total. The monoisotopic (exact) mass is 301 g/mol. The second-order valence-electron chi connectivity index (χ2n) is 4.60. The Morgan fingerprint density at radius 1 is 1.24 bits per heavy atom. The summed E-state index contributed by atoms with van der Waals surface area (Å²) in [5.41, 5.74) is 6.60. The van der Waals surface area contributed by atoms with Crippen LogP contribution in [0.3, 0.4) is 0 Å². The van der Waals surface area contributed by atoms with Crippen LogP contribution < -0.4 is 11.3 Å². The van der Waals surface area contributed by atoms with E-state index >= 15 is 0 Å². The Bertz CT molecular complexity index is 874. The van der Waals surface area contributed by atoms with Crippen LogP contribution >= 0.6 is 11.8 Å². The van der Waals surface area contributed by atoms with Gasteiger partial charge in [0, 0.05) is 34.0 Å². The third-order valence-electron chi connectivity index (χ3n) is 3.11. The van der Waals surface area contributed by atoms with E-state index in [1.54, 1.807) is 19.2 Å². The Morgan fingerprint density at radius 2 is 1.95 bits per heavy atom. The lowest BCUT2D eigenvalue weighted by molar-refractivity contribution is 0.623. The Kier molecular flexibility index (Phi) is 3.39. The molecule has 2 heterocycles. The molecule has 0 fully saturated rings. The third-order valence-corrected chi connectivity index (χ3v) is 4.18. The van der Waals surface area contributed by atoms with E-state index in [2.05, 4.69) is 4.98 Å². The van der Waals surface area contributed by atoms with Crippen LogP contribution in [0, 0.1) is 5.82 Å². The molecule has 0 saturated heterocycles. The highest BCUT2D eigenvalue weighted by atomic mass is 32.2. The molecule has 0 saturated carbocycles. The standard InChI is InChI=1S/C15H12FN3OS/c1-19-14(20)7-13(12-6-9(16)8-18-15(12)19)21-11-4-2-10(17)3-5-11/h2-8H,17H2,1H3. The van der Waals surface area contributed by atoms with Crippen molar-refractivity contribution in [3.63, 3.8) is 0 Å². The number of anilines is 1. The minimum absolute atomic E-state index is 0.181. The first kappa shape index (κ1) is 13.6. The molecule has 106 valence electrons. The molecule has 3 rings (SSSR count). The molecule has 0 spiro atoms. The molecule has 0 bridgehead atoms. The SMILES string of the molecule is Cn1c(=O)cc(Sc2ccc(N)cc2)c2cc(F)cnc21. The van der Waals surface area contributed by atoms with Gasteiger partial charge in [-0.2, -0.15) is 0 Å². The number of hydrogen-bond acceptors (Lipinski definition) is 4. The van der Waals surface area contributed by atoms with Crippen LogP contribution in [0.4, 0.5) is 10.1 Å². The molecule has 0 unspecified atom stereocenters. The summed E-state index contributed by atoms with van der Waals surface area (Å²) in [5, 5.41) is 0.610. The van der Waals surface area contributed by atoms with Gasteiger partial charge in [0.2, 0.25) is 0 Å². The summed E-state index contributed by atoms with van der Waals surface area (Å²) in [4.78, 5) is 17.6. The molecule has 3 aromatic rings. The molecule has 0 radical (unpaired) electrons. The van der Waals surface area contributed by atoms with E-state index in [4.69, 9.17) is 5.73 Å². The van der Waals surface area contributed by atoms with Crippen molar-refractivity contribution in [1.82, 2.24) is 9.55 Å². The van der Waals surface area contributed by atoms with Gasteiger partial charge in [0.1, 0.15) is 11.5 Å². The fourth-order valence-corrected chi connectivity index (χ4v) is 2.97. The molecule has 4 nitrogen and oxygen atoms in total. The van der Waals surface area contributed by atoms with Gasteiger partial charge in [-0.3, -0.25) is 9.36 Å². The van der Waals surface area contributed by atoms with Gasteiger partial charge in [-0.25, -0.2) is 9.37 Å².